The Labute approximate surface area is 121 Å². The van der Waals surface area contributed by atoms with Crippen molar-refractivity contribution in [3.63, 3.8) is 0 Å². The lowest BCUT2D eigenvalue weighted by Crippen LogP contribution is -2.08. The van der Waals surface area contributed by atoms with Gasteiger partial charge >= 0.3 is 0 Å². The standard InChI is InChI=1S/C15H15N3OS/c16-12-3-5-13(6-4-12)19-10-9-18-8-7-17-15(18)14-2-1-11-20-14/h1-8,11H,9-10,16H2. The van der Waals surface area contributed by atoms with E-state index in [-0.39, 0.29) is 0 Å². The van der Waals surface area contributed by atoms with Gasteiger partial charge in [-0.15, -0.1) is 11.3 Å². The minimum atomic E-state index is 0.596. The first-order valence-corrected chi connectivity index (χ1v) is 7.24. The molecule has 2 heterocycles. The van der Waals surface area contributed by atoms with Gasteiger partial charge in [0.2, 0.25) is 0 Å². The van der Waals surface area contributed by atoms with Gasteiger partial charge in [-0.3, -0.25) is 0 Å². The van der Waals surface area contributed by atoms with Gasteiger partial charge in [-0.2, -0.15) is 0 Å². The van der Waals surface area contributed by atoms with Crippen LogP contribution in [0.15, 0.2) is 54.2 Å². The first-order chi connectivity index (χ1) is 9.83. The van der Waals surface area contributed by atoms with Crippen molar-refractivity contribution in [2.45, 2.75) is 6.54 Å². The van der Waals surface area contributed by atoms with Crippen LogP contribution in [0.5, 0.6) is 5.75 Å². The van der Waals surface area contributed by atoms with Crippen LogP contribution in [0.25, 0.3) is 10.7 Å². The number of aromatic nitrogens is 2. The van der Waals surface area contributed by atoms with Gasteiger partial charge in [-0.1, -0.05) is 6.07 Å². The Bertz CT molecular complexity index is 659. The number of hydrogen-bond acceptors (Lipinski definition) is 4. The summed E-state index contributed by atoms with van der Waals surface area (Å²) in [4.78, 5) is 5.57. The molecule has 0 unspecified atom stereocenters. The van der Waals surface area contributed by atoms with Crippen LogP contribution < -0.4 is 10.5 Å². The molecule has 2 aromatic heterocycles. The van der Waals surface area contributed by atoms with E-state index in [1.807, 2.05) is 42.7 Å². The molecule has 0 aliphatic carbocycles. The SMILES string of the molecule is Nc1ccc(OCCn2ccnc2-c2cccs2)cc1. The quantitative estimate of drug-likeness (QED) is 0.732. The van der Waals surface area contributed by atoms with E-state index in [1.54, 1.807) is 11.3 Å². The fraction of sp³-hybridized carbons (Fsp3) is 0.133. The highest BCUT2D eigenvalue weighted by atomic mass is 32.1. The highest BCUT2D eigenvalue weighted by molar-refractivity contribution is 7.13. The zero-order valence-electron chi connectivity index (χ0n) is 10.9. The van der Waals surface area contributed by atoms with E-state index in [0.29, 0.717) is 6.61 Å². The number of imidazole rings is 1. The fourth-order valence-electron chi connectivity index (χ4n) is 1.95. The number of nitrogens with two attached hydrogens (primary N) is 1. The minimum Gasteiger partial charge on any atom is -0.492 e. The third kappa shape index (κ3) is 2.83. The van der Waals surface area contributed by atoms with Gasteiger partial charge in [0.05, 0.1) is 11.4 Å². The summed E-state index contributed by atoms with van der Waals surface area (Å²) in [6.07, 6.45) is 3.79. The van der Waals surface area contributed by atoms with E-state index in [2.05, 4.69) is 21.0 Å². The van der Waals surface area contributed by atoms with E-state index in [1.165, 1.54) is 4.88 Å². The molecule has 0 atom stereocenters. The molecular weight excluding hydrogens is 270 g/mol. The predicted molar refractivity (Wildman–Crippen MR) is 81.9 cm³/mol. The summed E-state index contributed by atoms with van der Waals surface area (Å²) in [6.45, 7) is 1.36. The van der Waals surface area contributed by atoms with E-state index < -0.39 is 0 Å². The summed E-state index contributed by atoms with van der Waals surface area (Å²) in [5, 5.41) is 2.05. The summed E-state index contributed by atoms with van der Waals surface area (Å²) in [5.74, 6) is 1.82. The second-order valence-corrected chi connectivity index (χ2v) is 5.29. The lowest BCUT2D eigenvalue weighted by molar-refractivity contribution is 0.299. The van der Waals surface area contributed by atoms with Crippen LogP contribution in [0.4, 0.5) is 5.69 Å². The number of nitrogen functional groups attached to an aromatic ring is 1. The van der Waals surface area contributed by atoms with Gasteiger partial charge in [-0.25, -0.2) is 4.98 Å². The van der Waals surface area contributed by atoms with Crippen molar-refractivity contribution in [2.75, 3.05) is 12.3 Å². The molecule has 0 radical (unpaired) electrons. The molecule has 0 fully saturated rings. The monoisotopic (exact) mass is 285 g/mol. The Morgan fingerprint density at radius 1 is 1.20 bits per heavy atom. The van der Waals surface area contributed by atoms with Crippen molar-refractivity contribution in [2.24, 2.45) is 0 Å². The molecule has 20 heavy (non-hydrogen) atoms. The second kappa shape index (κ2) is 5.79. The Morgan fingerprint density at radius 3 is 2.80 bits per heavy atom. The Hall–Kier alpha value is -2.27. The van der Waals surface area contributed by atoms with Gasteiger partial charge in [0.15, 0.2) is 0 Å². The van der Waals surface area contributed by atoms with Crippen molar-refractivity contribution in [1.29, 1.82) is 0 Å². The van der Waals surface area contributed by atoms with E-state index in [0.717, 1.165) is 23.8 Å². The maximum absolute atomic E-state index is 5.71. The average molecular weight is 285 g/mol. The summed E-state index contributed by atoms with van der Waals surface area (Å²) in [7, 11) is 0. The molecule has 3 rings (SSSR count). The van der Waals surface area contributed by atoms with E-state index in [9.17, 15) is 0 Å². The lowest BCUT2D eigenvalue weighted by Gasteiger charge is -2.09. The highest BCUT2D eigenvalue weighted by Gasteiger charge is 2.06. The molecule has 1 aromatic carbocycles. The van der Waals surface area contributed by atoms with Crippen LogP contribution in [0.2, 0.25) is 0 Å². The molecule has 0 aliphatic heterocycles. The van der Waals surface area contributed by atoms with Gasteiger partial charge in [-0.05, 0) is 35.7 Å². The zero-order chi connectivity index (χ0) is 13.8. The number of benzene rings is 1. The number of thiophene rings is 1. The molecule has 0 spiro atoms. The Morgan fingerprint density at radius 2 is 2.05 bits per heavy atom. The van der Waals surface area contributed by atoms with Gasteiger partial charge < -0.3 is 15.0 Å². The molecule has 0 saturated heterocycles. The van der Waals surface area contributed by atoms with Crippen LogP contribution >= 0.6 is 11.3 Å². The van der Waals surface area contributed by atoms with E-state index in [4.69, 9.17) is 10.5 Å². The summed E-state index contributed by atoms with van der Waals surface area (Å²) < 4.78 is 7.81. The second-order valence-electron chi connectivity index (χ2n) is 4.34. The van der Waals surface area contributed by atoms with Crippen molar-refractivity contribution < 1.29 is 4.74 Å². The zero-order valence-corrected chi connectivity index (χ0v) is 11.7. The number of ether oxygens (including phenoxy) is 1. The fourth-order valence-corrected chi connectivity index (χ4v) is 2.68. The molecular formula is C15H15N3OS. The molecule has 4 nitrogen and oxygen atoms in total. The number of anilines is 1. The summed E-state index contributed by atoms with van der Waals surface area (Å²) >= 11 is 1.69. The third-order valence-corrected chi connectivity index (χ3v) is 3.80. The molecule has 2 N–H and O–H groups in total. The van der Waals surface area contributed by atoms with Crippen LogP contribution in [0.3, 0.4) is 0 Å². The molecule has 0 bridgehead atoms. The van der Waals surface area contributed by atoms with E-state index >= 15 is 0 Å². The summed E-state index contributed by atoms with van der Waals surface area (Å²) in [6, 6.07) is 11.5. The lowest BCUT2D eigenvalue weighted by atomic mass is 10.3. The van der Waals surface area contributed by atoms with Crippen molar-refractivity contribution in [1.82, 2.24) is 9.55 Å². The number of rotatable bonds is 5. The van der Waals surface area contributed by atoms with Crippen LogP contribution in [-0.4, -0.2) is 16.2 Å². The molecule has 0 aliphatic rings. The highest BCUT2D eigenvalue weighted by Crippen LogP contribution is 2.22. The average Bonchev–Trinajstić information content (AvgIpc) is 3.11. The maximum Gasteiger partial charge on any atom is 0.150 e. The van der Waals surface area contributed by atoms with Crippen molar-refractivity contribution in [3.8, 4) is 16.5 Å². The minimum absolute atomic E-state index is 0.596. The molecule has 0 amide bonds. The number of nitrogens with zero attached hydrogens (tertiary/aromatic N) is 2. The van der Waals surface area contributed by atoms with Crippen molar-refractivity contribution in [3.05, 3.63) is 54.2 Å². The molecule has 5 heteroatoms. The van der Waals surface area contributed by atoms with Crippen molar-refractivity contribution >= 4 is 17.0 Å². The van der Waals surface area contributed by atoms with Gasteiger partial charge in [0.25, 0.3) is 0 Å². The smallest absolute Gasteiger partial charge is 0.150 e. The van der Waals surface area contributed by atoms with Crippen LogP contribution in [0.1, 0.15) is 0 Å². The summed E-state index contributed by atoms with van der Waals surface area (Å²) in [5.41, 5.74) is 6.38. The van der Waals surface area contributed by atoms with Crippen LogP contribution in [0, 0.1) is 0 Å². The predicted octanol–water partition coefficient (Wildman–Crippen LogP) is 3.27. The third-order valence-electron chi connectivity index (χ3n) is 2.94. The first-order valence-electron chi connectivity index (χ1n) is 6.36. The normalized spacial score (nSPS) is 10.6. The Kier molecular flexibility index (Phi) is 3.69. The molecule has 3 aromatic rings. The molecule has 0 saturated carbocycles. The first kappa shape index (κ1) is 12.7. The van der Waals surface area contributed by atoms with Crippen LogP contribution in [-0.2, 0) is 6.54 Å². The largest absolute Gasteiger partial charge is 0.492 e. The number of hydrogen-bond donors (Lipinski definition) is 1. The van der Waals surface area contributed by atoms with Gasteiger partial charge in [0, 0.05) is 18.1 Å². The van der Waals surface area contributed by atoms with Gasteiger partial charge in [0.1, 0.15) is 18.2 Å². The topological polar surface area (TPSA) is 53.1 Å². The Balaban J connectivity index is 1.62. The maximum atomic E-state index is 5.71. The molecule has 102 valence electrons.